The van der Waals surface area contributed by atoms with Gasteiger partial charge in [0.2, 0.25) is 0 Å². The summed E-state index contributed by atoms with van der Waals surface area (Å²) in [5.74, 6) is 0.319. The van der Waals surface area contributed by atoms with E-state index in [9.17, 15) is 0 Å². The lowest BCUT2D eigenvalue weighted by atomic mass is 9.84. The zero-order valence-electron chi connectivity index (χ0n) is 8.41. The van der Waals surface area contributed by atoms with Crippen molar-refractivity contribution in [3.8, 4) is 5.75 Å². The van der Waals surface area contributed by atoms with E-state index >= 15 is 0 Å². The molecule has 0 fully saturated rings. The van der Waals surface area contributed by atoms with Gasteiger partial charge in [-0.1, -0.05) is 38.1 Å². The van der Waals surface area contributed by atoms with E-state index < -0.39 is 0 Å². The zero-order chi connectivity index (χ0) is 9.90. The molecule has 1 rings (SSSR count). The van der Waals surface area contributed by atoms with Gasteiger partial charge in [-0.2, -0.15) is 0 Å². The van der Waals surface area contributed by atoms with E-state index in [1.165, 1.54) is 5.56 Å². The van der Waals surface area contributed by atoms with Crippen LogP contribution in [-0.2, 0) is 5.41 Å². The van der Waals surface area contributed by atoms with Crippen molar-refractivity contribution in [1.29, 1.82) is 0 Å². The van der Waals surface area contributed by atoms with Crippen LogP contribution in [0.1, 0.15) is 26.3 Å². The van der Waals surface area contributed by atoms with Crippen molar-refractivity contribution in [2.24, 2.45) is 0 Å². The highest BCUT2D eigenvalue weighted by Crippen LogP contribution is 2.25. The third-order valence-electron chi connectivity index (χ3n) is 2.19. The number of rotatable bonds is 2. The van der Waals surface area contributed by atoms with Crippen molar-refractivity contribution in [3.05, 3.63) is 42.0 Å². The first-order chi connectivity index (χ1) is 6.06. The number of hydrogen-bond donors (Lipinski definition) is 1. The first-order valence-electron chi connectivity index (χ1n) is 4.49. The standard InChI is InChI=1S/C12H16O/c1-4-9-12(2,3)10-5-7-11(13)8-6-10/h4-9,13H,1-3H3/b9-4+. The summed E-state index contributed by atoms with van der Waals surface area (Å²) in [6.07, 6.45) is 4.20. The Bertz CT molecular complexity index is 293. The molecule has 0 saturated heterocycles. The van der Waals surface area contributed by atoms with Gasteiger partial charge in [0.15, 0.2) is 0 Å². The fourth-order valence-electron chi connectivity index (χ4n) is 1.40. The molecule has 1 nitrogen and oxygen atoms in total. The lowest BCUT2D eigenvalue weighted by Gasteiger charge is -2.20. The lowest BCUT2D eigenvalue weighted by molar-refractivity contribution is 0.474. The van der Waals surface area contributed by atoms with Crippen LogP contribution in [0.4, 0.5) is 0 Å². The van der Waals surface area contributed by atoms with Crippen LogP contribution >= 0.6 is 0 Å². The van der Waals surface area contributed by atoms with Crippen LogP contribution in [0.5, 0.6) is 5.75 Å². The fraction of sp³-hybridized carbons (Fsp3) is 0.333. The minimum Gasteiger partial charge on any atom is -0.508 e. The molecule has 0 spiro atoms. The smallest absolute Gasteiger partial charge is 0.115 e. The predicted molar refractivity (Wildman–Crippen MR) is 55.9 cm³/mol. The normalized spacial score (nSPS) is 12.2. The molecule has 0 unspecified atom stereocenters. The lowest BCUT2D eigenvalue weighted by Crippen LogP contribution is -2.12. The Kier molecular flexibility index (Phi) is 2.76. The Morgan fingerprint density at radius 3 is 2.15 bits per heavy atom. The summed E-state index contributed by atoms with van der Waals surface area (Å²) >= 11 is 0. The van der Waals surface area contributed by atoms with Crippen LogP contribution in [-0.4, -0.2) is 5.11 Å². The maximum absolute atomic E-state index is 9.13. The summed E-state index contributed by atoms with van der Waals surface area (Å²) in [5.41, 5.74) is 1.26. The van der Waals surface area contributed by atoms with Gasteiger partial charge in [0.25, 0.3) is 0 Å². The topological polar surface area (TPSA) is 20.2 Å². The maximum Gasteiger partial charge on any atom is 0.115 e. The molecule has 70 valence electrons. The Labute approximate surface area is 79.7 Å². The Morgan fingerprint density at radius 2 is 1.69 bits per heavy atom. The van der Waals surface area contributed by atoms with Crippen LogP contribution in [0.3, 0.4) is 0 Å². The fourth-order valence-corrected chi connectivity index (χ4v) is 1.40. The van der Waals surface area contributed by atoms with Crippen molar-refractivity contribution < 1.29 is 5.11 Å². The SMILES string of the molecule is C/C=C/C(C)(C)c1ccc(O)cc1. The van der Waals surface area contributed by atoms with E-state index in [0.717, 1.165) is 0 Å². The van der Waals surface area contributed by atoms with E-state index in [0.29, 0.717) is 5.75 Å². The average molecular weight is 176 g/mol. The molecular weight excluding hydrogens is 160 g/mol. The molecule has 1 aromatic carbocycles. The quantitative estimate of drug-likeness (QED) is 0.686. The summed E-state index contributed by atoms with van der Waals surface area (Å²) in [4.78, 5) is 0. The summed E-state index contributed by atoms with van der Waals surface area (Å²) in [7, 11) is 0. The number of aromatic hydroxyl groups is 1. The van der Waals surface area contributed by atoms with Crippen molar-refractivity contribution in [2.75, 3.05) is 0 Å². The summed E-state index contributed by atoms with van der Waals surface area (Å²) < 4.78 is 0. The molecule has 1 N–H and O–H groups in total. The third-order valence-corrected chi connectivity index (χ3v) is 2.19. The first kappa shape index (κ1) is 9.85. The van der Waals surface area contributed by atoms with Gasteiger partial charge in [-0.3, -0.25) is 0 Å². The molecule has 1 aromatic rings. The minimum absolute atomic E-state index is 0.0441. The maximum atomic E-state index is 9.13. The Morgan fingerprint density at radius 1 is 1.15 bits per heavy atom. The predicted octanol–water partition coefficient (Wildman–Crippen LogP) is 3.25. The Hall–Kier alpha value is -1.24. The van der Waals surface area contributed by atoms with E-state index in [1.54, 1.807) is 12.1 Å². The molecule has 0 aliphatic carbocycles. The van der Waals surface area contributed by atoms with Crippen LogP contribution in [0, 0.1) is 0 Å². The second kappa shape index (κ2) is 3.65. The van der Waals surface area contributed by atoms with E-state index in [-0.39, 0.29) is 5.41 Å². The zero-order valence-corrected chi connectivity index (χ0v) is 8.41. The van der Waals surface area contributed by atoms with Gasteiger partial charge >= 0.3 is 0 Å². The van der Waals surface area contributed by atoms with Crippen molar-refractivity contribution in [1.82, 2.24) is 0 Å². The number of phenols is 1. The number of benzene rings is 1. The van der Waals surface area contributed by atoms with Gasteiger partial charge in [-0.25, -0.2) is 0 Å². The van der Waals surface area contributed by atoms with Crippen LogP contribution in [0.2, 0.25) is 0 Å². The van der Waals surface area contributed by atoms with Crippen molar-refractivity contribution in [2.45, 2.75) is 26.2 Å². The molecule has 1 heteroatoms. The van der Waals surface area contributed by atoms with E-state index in [4.69, 9.17) is 5.11 Å². The number of allylic oxidation sites excluding steroid dienone is 2. The molecule has 13 heavy (non-hydrogen) atoms. The highest BCUT2D eigenvalue weighted by molar-refractivity contribution is 5.33. The van der Waals surface area contributed by atoms with Crippen LogP contribution in [0.25, 0.3) is 0 Å². The van der Waals surface area contributed by atoms with Crippen LogP contribution in [0.15, 0.2) is 36.4 Å². The van der Waals surface area contributed by atoms with Gasteiger partial charge in [0.05, 0.1) is 0 Å². The van der Waals surface area contributed by atoms with Crippen molar-refractivity contribution in [3.63, 3.8) is 0 Å². The number of hydrogen-bond acceptors (Lipinski definition) is 1. The molecule has 0 aromatic heterocycles. The van der Waals surface area contributed by atoms with Gasteiger partial charge in [-0.15, -0.1) is 0 Å². The van der Waals surface area contributed by atoms with Crippen LogP contribution < -0.4 is 0 Å². The molecule has 0 aliphatic rings. The third kappa shape index (κ3) is 2.35. The molecule has 0 radical (unpaired) electrons. The van der Waals surface area contributed by atoms with Gasteiger partial charge in [0, 0.05) is 5.41 Å². The van der Waals surface area contributed by atoms with Gasteiger partial charge < -0.3 is 5.11 Å². The highest BCUT2D eigenvalue weighted by atomic mass is 16.3. The van der Waals surface area contributed by atoms with E-state index in [2.05, 4.69) is 19.9 Å². The highest BCUT2D eigenvalue weighted by Gasteiger charge is 2.15. The monoisotopic (exact) mass is 176 g/mol. The molecular formula is C12H16O. The minimum atomic E-state index is 0.0441. The summed E-state index contributed by atoms with van der Waals surface area (Å²) in [5, 5.41) is 9.13. The Balaban J connectivity index is 3.00. The second-order valence-electron chi connectivity index (χ2n) is 3.77. The van der Waals surface area contributed by atoms with Gasteiger partial charge in [0.1, 0.15) is 5.75 Å². The molecule has 0 heterocycles. The molecule has 0 atom stereocenters. The molecule has 0 amide bonds. The largest absolute Gasteiger partial charge is 0.508 e. The molecule has 0 aliphatic heterocycles. The summed E-state index contributed by atoms with van der Waals surface area (Å²) in [6.45, 7) is 6.32. The van der Waals surface area contributed by atoms with E-state index in [1.807, 2.05) is 25.1 Å². The second-order valence-corrected chi connectivity index (χ2v) is 3.77. The van der Waals surface area contributed by atoms with Crippen molar-refractivity contribution >= 4 is 0 Å². The molecule has 0 saturated carbocycles. The van der Waals surface area contributed by atoms with Gasteiger partial charge in [-0.05, 0) is 24.6 Å². The summed E-state index contributed by atoms with van der Waals surface area (Å²) in [6, 6.07) is 7.35. The number of phenolic OH excluding ortho intramolecular Hbond substituents is 1. The first-order valence-corrected chi connectivity index (χ1v) is 4.49. The average Bonchev–Trinajstić information content (AvgIpc) is 2.05. The molecule has 0 bridgehead atoms.